The summed E-state index contributed by atoms with van der Waals surface area (Å²) in [6.07, 6.45) is 0. The Hall–Kier alpha value is -2.70. The Bertz CT molecular complexity index is 688. The number of carbonyl (C=O) groups excluding carboxylic acids is 1. The van der Waals surface area contributed by atoms with Gasteiger partial charge in [-0.05, 0) is 23.8 Å². The second-order valence-electron chi connectivity index (χ2n) is 4.31. The lowest BCUT2D eigenvalue weighted by Crippen LogP contribution is -2.24. The van der Waals surface area contributed by atoms with Crippen molar-refractivity contribution < 1.29 is 23.1 Å². The Morgan fingerprint density at radius 3 is 2.38 bits per heavy atom. The topological polar surface area (TPSA) is 75.3 Å². The molecule has 0 aliphatic heterocycles. The molecule has 0 unspecified atom stereocenters. The summed E-state index contributed by atoms with van der Waals surface area (Å²) in [7, 11) is 0. The van der Waals surface area contributed by atoms with Crippen molar-refractivity contribution in [3.8, 4) is 5.75 Å². The van der Waals surface area contributed by atoms with E-state index in [1.807, 2.05) is 0 Å². The number of halogens is 3. The first kappa shape index (κ1) is 14.7. The average Bonchev–Trinajstić information content (AvgIpc) is 2.48. The van der Waals surface area contributed by atoms with Crippen LogP contribution in [0.5, 0.6) is 5.75 Å². The summed E-state index contributed by atoms with van der Waals surface area (Å²) >= 11 is 0. The Labute approximate surface area is 118 Å². The summed E-state index contributed by atoms with van der Waals surface area (Å²) in [4.78, 5) is 11.7. The Morgan fingerprint density at radius 2 is 1.76 bits per heavy atom. The molecule has 2 rings (SSSR count). The average molecular weight is 296 g/mol. The van der Waals surface area contributed by atoms with Gasteiger partial charge >= 0.3 is 0 Å². The largest absolute Gasteiger partial charge is 0.503 e. The van der Waals surface area contributed by atoms with Gasteiger partial charge in [-0.15, -0.1) is 0 Å². The van der Waals surface area contributed by atoms with Gasteiger partial charge in [0.05, 0.1) is 5.56 Å². The van der Waals surface area contributed by atoms with Crippen molar-refractivity contribution in [1.82, 2.24) is 5.32 Å². The van der Waals surface area contributed by atoms with Crippen LogP contribution in [0.4, 0.5) is 18.9 Å². The summed E-state index contributed by atoms with van der Waals surface area (Å²) in [5, 5.41) is 11.4. The summed E-state index contributed by atoms with van der Waals surface area (Å²) in [6.45, 7) is 0.0400. The van der Waals surface area contributed by atoms with Crippen LogP contribution in [0.25, 0.3) is 0 Å². The number of benzene rings is 2. The second-order valence-corrected chi connectivity index (χ2v) is 4.31. The number of hydrogen-bond donors (Lipinski definition) is 3. The number of anilines is 1. The van der Waals surface area contributed by atoms with Gasteiger partial charge in [-0.2, -0.15) is 4.39 Å². The van der Waals surface area contributed by atoms with Crippen LogP contribution in [0.1, 0.15) is 15.9 Å². The van der Waals surface area contributed by atoms with Crippen molar-refractivity contribution in [2.24, 2.45) is 0 Å². The molecule has 4 N–H and O–H groups in total. The van der Waals surface area contributed by atoms with Gasteiger partial charge in [-0.3, -0.25) is 4.79 Å². The van der Waals surface area contributed by atoms with Crippen LogP contribution >= 0.6 is 0 Å². The van der Waals surface area contributed by atoms with E-state index in [0.717, 1.165) is 0 Å². The standard InChI is InChI=1S/C14H11F3N2O2/c15-10-5-9(11(16)13(20)12(10)17)14(21)19-6-7-1-3-8(18)4-2-7/h1-5,20H,6,18H2,(H,19,21). The molecule has 0 aromatic heterocycles. The van der Waals surface area contributed by atoms with E-state index in [1.165, 1.54) is 0 Å². The number of hydrogen-bond acceptors (Lipinski definition) is 3. The third kappa shape index (κ3) is 3.07. The minimum absolute atomic E-state index is 0.0400. The Balaban J connectivity index is 2.16. The van der Waals surface area contributed by atoms with E-state index in [0.29, 0.717) is 17.3 Å². The van der Waals surface area contributed by atoms with Gasteiger partial charge in [0.25, 0.3) is 5.91 Å². The fourth-order valence-electron chi connectivity index (χ4n) is 1.67. The molecule has 1 amide bonds. The van der Waals surface area contributed by atoms with Crippen LogP contribution in [-0.4, -0.2) is 11.0 Å². The zero-order valence-electron chi connectivity index (χ0n) is 10.7. The number of phenols is 1. The van der Waals surface area contributed by atoms with Crippen molar-refractivity contribution in [3.05, 3.63) is 58.9 Å². The van der Waals surface area contributed by atoms with Crippen molar-refractivity contribution in [2.45, 2.75) is 6.54 Å². The zero-order valence-corrected chi connectivity index (χ0v) is 10.7. The van der Waals surface area contributed by atoms with Crippen molar-refractivity contribution >= 4 is 11.6 Å². The van der Waals surface area contributed by atoms with E-state index < -0.39 is 34.7 Å². The quantitative estimate of drug-likeness (QED) is 0.601. The van der Waals surface area contributed by atoms with Crippen LogP contribution in [0.15, 0.2) is 30.3 Å². The van der Waals surface area contributed by atoms with Crippen molar-refractivity contribution in [3.63, 3.8) is 0 Å². The smallest absolute Gasteiger partial charge is 0.254 e. The number of carbonyl (C=O) groups is 1. The van der Waals surface area contributed by atoms with Gasteiger partial charge < -0.3 is 16.2 Å². The van der Waals surface area contributed by atoms with Crippen LogP contribution in [0.2, 0.25) is 0 Å². The fraction of sp³-hybridized carbons (Fsp3) is 0.0714. The molecule has 7 heteroatoms. The minimum atomic E-state index is -1.73. The van der Waals surface area contributed by atoms with Crippen molar-refractivity contribution in [2.75, 3.05) is 5.73 Å². The molecule has 4 nitrogen and oxygen atoms in total. The van der Waals surface area contributed by atoms with Gasteiger partial charge in [0.15, 0.2) is 17.4 Å². The van der Waals surface area contributed by atoms with Gasteiger partial charge in [0, 0.05) is 12.2 Å². The van der Waals surface area contributed by atoms with E-state index in [4.69, 9.17) is 10.8 Å². The van der Waals surface area contributed by atoms with E-state index in [9.17, 15) is 18.0 Å². The second kappa shape index (κ2) is 5.74. The highest BCUT2D eigenvalue weighted by molar-refractivity contribution is 5.94. The number of nitrogen functional groups attached to an aromatic ring is 1. The molecule has 0 saturated heterocycles. The Kier molecular flexibility index (Phi) is 4.02. The summed E-state index contributed by atoms with van der Waals surface area (Å²) in [5.41, 5.74) is 5.95. The summed E-state index contributed by atoms with van der Waals surface area (Å²) in [5.74, 6) is -7.25. The zero-order chi connectivity index (χ0) is 15.6. The molecule has 0 heterocycles. The molecule has 0 aliphatic carbocycles. The monoisotopic (exact) mass is 296 g/mol. The molecule has 0 fully saturated rings. The van der Waals surface area contributed by atoms with Crippen LogP contribution in [0, 0.1) is 17.5 Å². The lowest BCUT2D eigenvalue weighted by Gasteiger charge is -2.08. The predicted molar refractivity (Wildman–Crippen MR) is 70.0 cm³/mol. The van der Waals surface area contributed by atoms with Gasteiger partial charge in [-0.25, -0.2) is 8.78 Å². The maximum atomic E-state index is 13.5. The molecule has 21 heavy (non-hydrogen) atoms. The molecule has 0 spiro atoms. The van der Waals surface area contributed by atoms with Crippen LogP contribution < -0.4 is 11.1 Å². The van der Waals surface area contributed by atoms with Gasteiger partial charge in [-0.1, -0.05) is 12.1 Å². The molecule has 0 bridgehead atoms. The predicted octanol–water partition coefficient (Wildman–Crippen LogP) is 2.32. The molecule has 0 atom stereocenters. The number of amides is 1. The first-order valence-electron chi connectivity index (χ1n) is 5.89. The minimum Gasteiger partial charge on any atom is -0.503 e. The van der Waals surface area contributed by atoms with Crippen LogP contribution in [0.3, 0.4) is 0 Å². The van der Waals surface area contributed by atoms with E-state index >= 15 is 0 Å². The van der Waals surface area contributed by atoms with Gasteiger partial charge in [0.1, 0.15) is 0 Å². The van der Waals surface area contributed by atoms with Crippen LogP contribution in [-0.2, 0) is 6.54 Å². The highest BCUT2D eigenvalue weighted by Gasteiger charge is 2.22. The molecule has 0 aliphatic rings. The highest BCUT2D eigenvalue weighted by Crippen LogP contribution is 2.25. The molecule has 0 saturated carbocycles. The lowest BCUT2D eigenvalue weighted by atomic mass is 10.1. The number of aromatic hydroxyl groups is 1. The van der Waals surface area contributed by atoms with E-state index in [2.05, 4.69) is 5.32 Å². The maximum Gasteiger partial charge on any atom is 0.254 e. The first-order chi connectivity index (χ1) is 9.90. The molecule has 0 radical (unpaired) electrons. The molecule has 110 valence electrons. The third-order valence-corrected chi connectivity index (χ3v) is 2.81. The van der Waals surface area contributed by atoms with Gasteiger partial charge in [0.2, 0.25) is 5.82 Å². The lowest BCUT2D eigenvalue weighted by molar-refractivity contribution is 0.0945. The maximum absolute atomic E-state index is 13.5. The summed E-state index contributed by atoms with van der Waals surface area (Å²) in [6, 6.07) is 6.92. The normalized spacial score (nSPS) is 10.4. The number of nitrogens with two attached hydrogens (primary N) is 1. The SMILES string of the molecule is Nc1ccc(CNC(=O)c2cc(F)c(F)c(O)c2F)cc1. The third-order valence-electron chi connectivity index (χ3n) is 2.81. The van der Waals surface area contributed by atoms with E-state index in [-0.39, 0.29) is 6.54 Å². The summed E-state index contributed by atoms with van der Waals surface area (Å²) < 4.78 is 39.5. The Morgan fingerprint density at radius 1 is 1.14 bits per heavy atom. The van der Waals surface area contributed by atoms with E-state index in [1.54, 1.807) is 24.3 Å². The highest BCUT2D eigenvalue weighted by atomic mass is 19.2. The molecular weight excluding hydrogens is 285 g/mol. The molecule has 2 aromatic carbocycles. The number of nitrogens with one attached hydrogen (secondary N) is 1. The fourth-order valence-corrected chi connectivity index (χ4v) is 1.67. The molecular formula is C14H11F3N2O2. The molecule has 2 aromatic rings. The first-order valence-corrected chi connectivity index (χ1v) is 5.89. The van der Waals surface area contributed by atoms with Crippen molar-refractivity contribution in [1.29, 1.82) is 0 Å². The number of rotatable bonds is 3. The number of phenolic OH excluding ortho intramolecular Hbond substituents is 1.